The van der Waals surface area contributed by atoms with Crippen molar-refractivity contribution < 1.29 is 17.6 Å². The van der Waals surface area contributed by atoms with Gasteiger partial charge in [-0.15, -0.1) is 12.4 Å². The third-order valence-electron chi connectivity index (χ3n) is 3.96. The van der Waals surface area contributed by atoms with Crippen LogP contribution in [0.1, 0.15) is 37.9 Å². The Labute approximate surface area is 140 Å². The summed E-state index contributed by atoms with van der Waals surface area (Å²) < 4.78 is 52.5. The first-order valence-corrected chi connectivity index (χ1v) is 7.42. The van der Waals surface area contributed by atoms with Crippen LogP contribution in [0.3, 0.4) is 0 Å². The zero-order valence-corrected chi connectivity index (χ0v) is 14.3. The van der Waals surface area contributed by atoms with Crippen molar-refractivity contribution in [2.24, 2.45) is 5.41 Å². The monoisotopic (exact) mass is 354 g/mol. The highest BCUT2D eigenvalue weighted by molar-refractivity contribution is 5.85. The van der Waals surface area contributed by atoms with E-state index in [9.17, 15) is 17.6 Å². The molecule has 0 saturated carbocycles. The van der Waals surface area contributed by atoms with Gasteiger partial charge in [0.15, 0.2) is 0 Å². The maximum Gasteiger partial charge on any atom is 0.416 e. The number of halogens is 5. The van der Waals surface area contributed by atoms with E-state index in [1.807, 2.05) is 20.8 Å². The molecule has 1 heterocycles. The third-order valence-corrected chi connectivity index (χ3v) is 3.96. The molecule has 0 spiro atoms. The summed E-state index contributed by atoms with van der Waals surface area (Å²) in [5.74, 6) is -0.784. The topological polar surface area (TPSA) is 15.3 Å². The van der Waals surface area contributed by atoms with Gasteiger partial charge in [-0.2, -0.15) is 13.2 Å². The minimum Gasteiger partial charge on any atom is -0.314 e. The minimum atomic E-state index is -4.52. The smallest absolute Gasteiger partial charge is 0.314 e. The molecule has 1 atom stereocenters. The first kappa shape index (κ1) is 20.2. The summed E-state index contributed by atoms with van der Waals surface area (Å²) in [6.07, 6.45) is -4.52. The van der Waals surface area contributed by atoms with Crippen molar-refractivity contribution in [3.63, 3.8) is 0 Å². The lowest BCUT2D eigenvalue weighted by Gasteiger charge is -2.42. The summed E-state index contributed by atoms with van der Waals surface area (Å²) in [5.41, 5.74) is -0.887. The molecule has 2 nitrogen and oxygen atoms in total. The van der Waals surface area contributed by atoms with Crippen LogP contribution in [0, 0.1) is 11.2 Å². The fourth-order valence-electron chi connectivity index (χ4n) is 3.08. The molecule has 0 aliphatic carbocycles. The Kier molecular flexibility index (Phi) is 6.47. The Morgan fingerprint density at radius 1 is 1.09 bits per heavy atom. The highest BCUT2D eigenvalue weighted by Crippen LogP contribution is 2.40. The highest BCUT2D eigenvalue weighted by atomic mass is 35.5. The molecular weight excluding hydrogens is 332 g/mol. The molecule has 1 aromatic carbocycles. The molecule has 132 valence electrons. The Balaban J connectivity index is 0.00000264. The van der Waals surface area contributed by atoms with Crippen molar-refractivity contribution in [2.45, 2.75) is 33.0 Å². The maximum atomic E-state index is 14.4. The molecule has 1 saturated heterocycles. The molecule has 2 rings (SSSR count). The molecule has 0 bridgehead atoms. The second kappa shape index (κ2) is 7.36. The fraction of sp³-hybridized carbons (Fsp3) is 0.625. The van der Waals surface area contributed by atoms with Gasteiger partial charge in [0.25, 0.3) is 0 Å². The SMILES string of the molecule is CC(C)(C)[C@@H](c1ccc(C(F)(F)F)cc1F)N1CCNCC1.Cl. The minimum absolute atomic E-state index is 0. The van der Waals surface area contributed by atoms with Crippen molar-refractivity contribution in [2.75, 3.05) is 26.2 Å². The standard InChI is InChI=1S/C16H22F4N2.ClH/c1-15(2,3)14(22-8-6-21-7-9-22)12-5-4-11(10-13(12)17)16(18,19)20;/h4-5,10,14,21H,6-9H2,1-3H3;1H/t14-;/m1./s1. The normalized spacial score (nSPS) is 18.4. The van der Waals surface area contributed by atoms with E-state index in [0.717, 1.165) is 32.2 Å². The van der Waals surface area contributed by atoms with Gasteiger partial charge in [-0.3, -0.25) is 4.90 Å². The quantitative estimate of drug-likeness (QED) is 0.798. The number of rotatable bonds is 2. The number of nitrogens with zero attached hydrogens (tertiary/aromatic N) is 1. The van der Waals surface area contributed by atoms with E-state index in [0.29, 0.717) is 11.6 Å². The van der Waals surface area contributed by atoms with Crippen LogP contribution >= 0.6 is 12.4 Å². The molecule has 0 amide bonds. The van der Waals surface area contributed by atoms with Crippen LogP contribution in [0.4, 0.5) is 17.6 Å². The van der Waals surface area contributed by atoms with Crippen LogP contribution in [0.2, 0.25) is 0 Å². The average Bonchev–Trinajstić information content (AvgIpc) is 2.39. The molecule has 0 radical (unpaired) electrons. The first-order valence-electron chi connectivity index (χ1n) is 7.42. The fourth-order valence-corrected chi connectivity index (χ4v) is 3.08. The lowest BCUT2D eigenvalue weighted by Crippen LogP contribution is -2.48. The Morgan fingerprint density at radius 2 is 1.65 bits per heavy atom. The van der Waals surface area contributed by atoms with Crippen molar-refractivity contribution >= 4 is 12.4 Å². The molecule has 1 aliphatic rings. The summed E-state index contributed by atoms with van der Waals surface area (Å²) >= 11 is 0. The first-order chi connectivity index (χ1) is 10.1. The van der Waals surface area contributed by atoms with Gasteiger partial charge in [-0.05, 0) is 17.5 Å². The van der Waals surface area contributed by atoms with E-state index in [2.05, 4.69) is 10.2 Å². The van der Waals surface area contributed by atoms with E-state index in [1.165, 1.54) is 6.07 Å². The van der Waals surface area contributed by atoms with Gasteiger partial charge in [-0.25, -0.2) is 4.39 Å². The number of hydrogen-bond donors (Lipinski definition) is 1. The van der Waals surface area contributed by atoms with Crippen LogP contribution in [-0.2, 0) is 6.18 Å². The summed E-state index contributed by atoms with van der Waals surface area (Å²) in [5, 5.41) is 3.23. The summed E-state index contributed by atoms with van der Waals surface area (Å²) in [6.45, 7) is 9.05. The lowest BCUT2D eigenvalue weighted by molar-refractivity contribution is -0.137. The van der Waals surface area contributed by atoms with E-state index in [4.69, 9.17) is 0 Å². The summed E-state index contributed by atoms with van der Waals surface area (Å²) in [7, 11) is 0. The summed E-state index contributed by atoms with van der Waals surface area (Å²) in [4.78, 5) is 2.14. The van der Waals surface area contributed by atoms with Crippen LogP contribution in [0.25, 0.3) is 0 Å². The third kappa shape index (κ3) is 4.81. The van der Waals surface area contributed by atoms with Crippen molar-refractivity contribution in [3.05, 3.63) is 35.1 Å². The number of nitrogens with one attached hydrogen (secondary N) is 1. The van der Waals surface area contributed by atoms with Gasteiger partial charge in [0.1, 0.15) is 5.82 Å². The lowest BCUT2D eigenvalue weighted by atomic mass is 9.80. The molecular formula is C16H23ClF4N2. The second-order valence-electron chi connectivity index (χ2n) is 6.79. The average molecular weight is 355 g/mol. The molecule has 1 aliphatic heterocycles. The number of piperazine rings is 1. The zero-order valence-electron chi connectivity index (χ0n) is 13.5. The zero-order chi connectivity index (χ0) is 16.5. The molecule has 1 aromatic rings. The molecule has 1 fully saturated rings. The van der Waals surface area contributed by atoms with E-state index < -0.39 is 17.6 Å². The van der Waals surface area contributed by atoms with Gasteiger partial charge >= 0.3 is 6.18 Å². The van der Waals surface area contributed by atoms with Gasteiger partial charge in [0.05, 0.1) is 5.56 Å². The van der Waals surface area contributed by atoms with Crippen LogP contribution in [0.15, 0.2) is 18.2 Å². The molecule has 7 heteroatoms. The van der Waals surface area contributed by atoms with Crippen LogP contribution in [-0.4, -0.2) is 31.1 Å². The Bertz CT molecular complexity index is 520. The van der Waals surface area contributed by atoms with Crippen LogP contribution < -0.4 is 5.32 Å². The number of hydrogen-bond acceptors (Lipinski definition) is 2. The second-order valence-corrected chi connectivity index (χ2v) is 6.79. The Morgan fingerprint density at radius 3 is 2.09 bits per heavy atom. The Hall–Kier alpha value is -0.850. The molecule has 23 heavy (non-hydrogen) atoms. The molecule has 0 unspecified atom stereocenters. The number of alkyl halides is 3. The largest absolute Gasteiger partial charge is 0.416 e. The predicted molar refractivity (Wildman–Crippen MR) is 85.3 cm³/mol. The number of benzene rings is 1. The van der Waals surface area contributed by atoms with Crippen molar-refractivity contribution in [1.29, 1.82) is 0 Å². The predicted octanol–water partition coefficient (Wildman–Crippen LogP) is 4.26. The molecule has 0 aromatic heterocycles. The maximum absolute atomic E-state index is 14.4. The van der Waals surface area contributed by atoms with Gasteiger partial charge in [0, 0.05) is 37.8 Å². The van der Waals surface area contributed by atoms with E-state index in [1.54, 1.807) is 0 Å². The van der Waals surface area contributed by atoms with Gasteiger partial charge in [-0.1, -0.05) is 26.8 Å². The van der Waals surface area contributed by atoms with Gasteiger partial charge in [0.2, 0.25) is 0 Å². The van der Waals surface area contributed by atoms with E-state index >= 15 is 0 Å². The van der Waals surface area contributed by atoms with Crippen molar-refractivity contribution in [3.8, 4) is 0 Å². The van der Waals surface area contributed by atoms with E-state index in [-0.39, 0.29) is 23.9 Å². The van der Waals surface area contributed by atoms with Crippen molar-refractivity contribution in [1.82, 2.24) is 10.2 Å². The van der Waals surface area contributed by atoms with Gasteiger partial charge < -0.3 is 5.32 Å². The highest BCUT2D eigenvalue weighted by Gasteiger charge is 2.36. The van der Waals surface area contributed by atoms with Crippen LogP contribution in [0.5, 0.6) is 0 Å². The summed E-state index contributed by atoms with van der Waals surface area (Å²) in [6, 6.07) is 2.61. The molecule has 1 N–H and O–H groups in total.